The summed E-state index contributed by atoms with van der Waals surface area (Å²) in [5.41, 5.74) is 6.67. The third kappa shape index (κ3) is 10.6. The van der Waals surface area contributed by atoms with Gasteiger partial charge in [-0.3, -0.25) is 9.69 Å². The number of sulfonamides is 1. The number of nitrogens with zero attached hydrogens (tertiary/aromatic N) is 5. The van der Waals surface area contributed by atoms with Gasteiger partial charge in [0.1, 0.15) is 11.3 Å². The molecule has 1 amide bonds. The van der Waals surface area contributed by atoms with Crippen LogP contribution < -0.4 is 29.7 Å². The normalized spacial score (nSPS) is 20.4. The molecule has 20 heteroatoms. The predicted molar refractivity (Wildman–Crippen MR) is 264 cm³/mol. The van der Waals surface area contributed by atoms with E-state index in [1.807, 2.05) is 41.3 Å². The van der Waals surface area contributed by atoms with Gasteiger partial charge in [0.15, 0.2) is 0 Å². The molecule has 2 aromatic heterocycles. The van der Waals surface area contributed by atoms with Crippen LogP contribution in [0, 0.1) is 21.4 Å². The summed E-state index contributed by atoms with van der Waals surface area (Å²) < 4.78 is 41.8. The summed E-state index contributed by atoms with van der Waals surface area (Å²) in [4.78, 5) is 50.3. The van der Waals surface area contributed by atoms with Gasteiger partial charge in [0.2, 0.25) is 5.88 Å². The Balaban J connectivity index is 0.975. The summed E-state index contributed by atoms with van der Waals surface area (Å²) in [5.74, 6) is -0.617. The molecule has 1 unspecified atom stereocenters. The van der Waals surface area contributed by atoms with E-state index < -0.39 is 39.3 Å². The first kappa shape index (κ1) is 46.8. The number of aromatic nitrogens is 2. The number of benzene rings is 3. The average molecular weight is 975 g/mol. The number of aromatic amines is 1. The topological polar surface area (TPSA) is 208 Å². The maximum Gasteiger partial charge on any atom is 0.239 e. The minimum atomic E-state index is -4.61. The Hall–Kier alpha value is -5.33. The van der Waals surface area contributed by atoms with Crippen LogP contribution in [0.25, 0.3) is 16.6 Å². The third-order valence-corrected chi connectivity index (χ3v) is 16.4. The van der Waals surface area contributed by atoms with Gasteiger partial charge in [-0.15, -0.1) is 0 Å². The number of fused-ring (bicyclic) bond motifs is 2. The molecule has 5 N–H and O–H groups in total. The van der Waals surface area contributed by atoms with Gasteiger partial charge in [-0.05, 0) is 84.7 Å². The Labute approximate surface area is 395 Å². The fraction of sp³-hybridized carbons (Fsp3) is 0.404. The van der Waals surface area contributed by atoms with Gasteiger partial charge in [-0.25, -0.2) is 0 Å². The zero-order valence-electron chi connectivity index (χ0n) is 37.8. The molecule has 5 heterocycles. The van der Waals surface area contributed by atoms with E-state index in [1.165, 1.54) is 28.8 Å². The van der Waals surface area contributed by atoms with E-state index in [-0.39, 0.29) is 35.7 Å². The van der Waals surface area contributed by atoms with Crippen molar-refractivity contribution in [3.63, 3.8) is 0 Å². The number of piperazine rings is 1. The molecule has 4 aliphatic rings. The van der Waals surface area contributed by atoms with E-state index in [4.69, 9.17) is 25.8 Å². The number of H-pyrrole nitrogens is 1. The fourth-order valence-corrected chi connectivity index (χ4v) is 11.8. The molecule has 0 bridgehead atoms. The molecule has 3 aliphatic heterocycles. The number of hydrogen-bond donors (Lipinski definition) is 5. The first-order valence-corrected chi connectivity index (χ1v) is 26.9. The fourth-order valence-electron chi connectivity index (χ4n) is 9.37. The van der Waals surface area contributed by atoms with Crippen LogP contribution in [-0.4, -0.2) is 111 Å². The maximum atomic E-state index is 14.4. The molecule has 5 aromatic rings. The van der Waals surface area contributed by atoms with Crippen molar-refractivity contribution >= 4 is 80.4 Å². The van der Waals surface area contributed by atoms with Crippen LogP contribution in [0.1, 0.15) is 55.5 Å². The Morgan fingerprint density at radius 2 is 1.84 bits per heavy atom. The molecular formula is C47H57ClN9O8PS. The van der Waals surface area contributed by atoms with E-state index in [0.717, 1.165) is 74.1 Å². The molecule has 0 spiro atoms. The summed E-state index contributed by atoms with van der Waals surface area (Å²) in [7, 11) is -7.53. The van der Waals surface area contributed by atoms with Crippen LogP contribution in [0.4, 0.5) is 28.4 Å². The number of hydrogen-bond acceptors (Lipinski definition) is 14. The van der Waals surface area contributed by atoms with E-state index in [1.54, 1.807) is 18.9 Å². The molecule has 0 saturated carbocycles. The van der Waals surface area contributed by atoms with Gasteiger partial charge >= 0.3 is 139 Å². The van der Waals surface area contributed by atoms with Crippen molar-refractivity contribution < 1.29 is 32.3 Å². The Kier molecular flexibility index (Phi) is 13.3. The summed E-state index contributed by atoms with van der Waals surface area (Å²) in [6.07, 6.45) is 5.57. The minimum Gasteiger partial charge on any atom is -0.476 e. The van der Waals surface area contributed by atoms with Crippen LogP contribution in [0.15, 0.2) is 89.5 Å². The van der Waals surface area contributed by atoms with Gasteiger partial charge in [-0.1, -0.05) is 43.2 Å². The van der Waals surface area contributed by atoms with Crippen LogP contribution in [0.5, 0.6) is 5.88 Å². The van der Waals surface area contributed by atoms with Gasteiger partial charge in [0, 0.05) is 61.6 Å². The molecule has 9 rings (SSSR count). The minimum absolute atomic E-state index is 0.0907. The van der Waals surface area contributed by atoms with Crippen molar-refractivity contribution in [1.29, 1.82) is 0 Å². The molecule has 1 atom stereocenters. The van der Waals surface area contributed by atoms with Gasteiger partial charge in [0.25, 0.3) is 0 Å². The van der Waals surface area contributed by atoms with Crippen molar-refractivity contribution in [3.8, 4) is 5.88 Å². The number of allylic oxidation sites excluding steroid dienone is 1. The standard InChI is InChI=1S/C47H57ClN9O8PS/c1-47(2)15-13-34(39(26-47)32-5-7-35(48)8-6-32)29-54-18-20-55(21-19-54)36-9-11-38(41(24-36)56-17-4-22-64-46-43(56)23-33-14-16-49-44(33)52-46)45(58)53-67(62,63)37-10-12-40(42(25-37)57(59)60)50-27-31-28-51-66(3,61)65-30-31/h5-12,14,16,23-25,31,50-51,61,66H,4,13,15,17-22,26-30H2,1-3H3,(H,49,52)(H,53,58). The van der Waals surface area contributed by atoms with Crippen LogP contribution in [-0.2, 0) is 14.5 Å². The van der Waals surface area contributed by atoms with E-state index >= 15 is 0 Å². The number of halogens is 1. The van der Waals surface area contributed by atoms with Crippen molar-refractivity contribution in [1.82, 2.24) is 24.7 Å². The number of amides is 1. The monoisotopic (exact) mass is 973 g/mol. The first-order chi connectivity index (χ1) is 32.0. The number of nitrogens with one attached hydrogen (secondary N) is 4. The quantitative estimate of drug-likeness (QED) is 0.0461. The van der Waals surface area contributed by atoms with E-state index in [9.17, 15) is 28.2 Å². The van der Waals surface area contributed by atoms with Crippen LogP contribution in [0.3, 0.4) is 0 Å². The van der Waals surface area contributed by atoms with Gasteiger partial charge in [0.05, 0.1) is 17.9 Å². The second-order valence-electron chi connectivity index (χ2n) is 18.8. The van der Waals surface area contributed by atoms with Crippen molar-refractivity contribution in [2.75, 3.05) is 87.4 Å². The molecule has 3 aromatic carbocycles. The van der Waals surface area contributed by atoms with E-state index in [0.29, 0.717) is 49.0 Å². The smallest absolute Gasteiger partial charge is 0.239 e. The van der Waals surface area contributed by atoms with Crippen molar-refractivity contribution in [3.05, 3.63) is 111 Å². The Bertz CT molecular complexity index is 2820. The number of ether oxygens (including phenoxy) is 1. The number of nitro groups is 1. The van der Waals surface area contributed by atoms with Crippen molar-refractivity contribution in [2.24, 2.45) is 11.3 Å². The van der Waals surface area contributed by atoms with Gasteiger partial charge in [-0.2, -0.15) is 4.98 Å². The molecule has 1 aliphatic carbocycles. The van der Waals surface area contributed by atoms with Crippen LogP contribution in [0.2, 0.25) is 5.02 Å². The molecule has 356 valence electrons. The largest absolute Gasteiger partial charge is 0.476 e. The summed E-state index contributed by atoms with van der Waals surface area (Å²) in [6.45, 7) is 12.1. The molecule has 0 radical (unpaired) electrons. The molecule has 17 nitrogen and oxygen atoms in total. The zero-order chi connectivity index (χ0) is 47.1. The number of nitro benzene ring substituents is 1. The summed E-state index contributed by atoms with van der Waals surface area (Å²) in [5, 5.41) is 19.8. The first-order valence-electron chi connectivity index (χ1n) is 22.7. The summed E-state index contributed by atoms with van der Waals surface area (Å²) in [6, 6.07) is 20.9. The summed E-state index contributed by atoms with van der Waals surface area (Å²) >= 11 is 6.27. The third-order valence-electron chi connectivity index (χ3n) is 13.2. The predicted octanol–water partition coefficient (Wildman–Crippen LogP) is 7.71. The SMILES string of the molecule is CC1(C)CCC(CN2CCN(c3ccc(C(=O)NS(=O)(=O)c4ccc(NCC5CN[PH](C)(O)OC5)c([N+](=O)[O-])c4)c(N4CCCOc5nc6[nH]ccc6cc54)c3)CC2)=C(c2ccc(Cl)cc2)C1. The second kappa shape index (κ2) is 19.0. The maximum absolute atomic E-state index is 14.4. The molecule has 2 saturated heterocycles. The average Bonchev–Trinajstić information content (AvgIpc) is 3.66. The molecular weight excluding hydrogens is 917 g/mol. The number of pyridine rings is 1. The van der Waals surface area contributed by atoms with Gasteiger partial charge < -0.3 is 19.5 Å². The number of carbonyl (C=O) groups excluding carboxylic acids is 1. The van der Waals surface area contributed by atoms with Crippen molar-refractivity contribution in [2.45, 2.75) is 44.4 Å². The Morgan fingerprint density at radius 3 is 2.58 bits per heavy atom. The second-order valence-corrected chi connectivity index (χ2v) is 23.5. The number of carbonyl (C=O) groups is 1. The van der Waals surface area contributed by atoms with E-state index in [2.05, 4.69) is 55.9 Å². The number of rotatable bonds is 12. The van der Waals surface area contributed by atoms with Crippen LogP contribution >= 0.6 is 19.5 Å². The molecule has 67 heavy (non-hydrogen) atoms. The molecule has 2 fully saturated rings. The zero-order valence-corrected chi connectivity index (χ0v) is 40.4. The Morgan fingerprint density at radius 1 is 1.04 bits per heavy atom. The number of anilines is 4.